The molecular weight excluding hydrogens is 293 g/mol. The zero-order valence-electron chi connectivity index (χ0n) is 12.1. The fourth-order valence-electron chi connectivity index (χ4n) is 2.68. The van der Waals surface area contributed by atoms with Crippen LogP contribution in [0.5, 0.6) is 0 Å². The van der Waals surface area contributed by atoms with E-state index in [1.54, 1.807) is 12.1 Å². The van der Waals surface area contributed by atoms with E-state index < -0.39 is 5.54 Å². The second kappa shape index (κ2) is 6.46. The number of hydrogen-bond donors (Lipinski definition) is 0. The quantitative estimate of drug-likeness (QED) is 0.822. The van der Waals surface area contributed by atoms with Gasteiger partial charge in [-0.25, -0.2) is 0 Å². The van der Waals surface area contributed by atoms with Crippen LogP contribution in [0.15, 0.2) is 18.2 Å². The fourth-order valence-corrected chi connectivity index (χ4v) is 3.00. The number of nitrogens with zero attached hydrogens (tertiary/aromatic N) is 1. The van der Waals surface area contributed by atoms with Crippen LogP contribution in [-0.4, -0.2) is 29.3 Å². The lowest BCUT2D eigenvalue weighted by atomic mass is 9.90. The van der Waals surface area contributed by atoms with E-state index in [0.29, 0.717) is 16.5 Å². The molecule has 1 saturated heterocycles. The molecule has 20 heavy (non-hydrogen) atoms. The van der Waals surface area contributed by atoms with Gasteiger partial charge in [0.05, 0.1) is 15.6 Å². The van der Waals surface area contributed by atoms with E-state index in [-0.39, 0.29) is 5.78 Å². The summed E-state index contributed by atoms with van der Waals surface area (Å²) in [5.41, 5.74) is 0.515. The number of carbonyl (C=O) groups excluding carboxylic acids is 1. The Morgan fingerprint density at radius 1 is 1.15 bits per heavy atom. The summed E-state index contributed by atoms with van der Waals surface area (Å²) in [6, 6.07) is 5.41. The smallest absolute Gasteiger partial charge is 0.156 e. The summed E-state index contributed by atoms with van der Waals surface area (Å²) < 4.78 is 0. The molecule has 0 bridgehead atoms. The van der Waals surface area contributed by atoms with Crippen molar-refractivity contribution in [2.75, 3.05) is 13.1 Å². The number of hydrogen-bond acceptors (Lipinski definition) is 2. The number of benzene rings is 1. The third-order valence-corrected chi connectivity index (χ3v) is 4.92. The lowest BCUT2D eigenvalue weighted by molar-refractivity contribution is -0.129. The standard InChI is InChI=1S/C16H21Cl2NO/c1-16(2,19-8-4-3-5-9-19)15(20)11-12-6-7-13(17)14(18)10-12/h6-7,10H,3-5,8-9,11H2,1-2H3. The predicted molar refractivity (Wildman–Crippen MR) is 84.7 cm³/mol. The van der Waals surface area contributed by atoms with Gasteiger partial charge in [-0.15, -0.1) is 0 Å². The molecule has 0 spiro atoms. The summed E-state index contributed by atoms with van der Waals surface area (Å²) in [7, 11) is 0. The maximum Gasteiger partial charge on any atom is 0.156 e. The minimum Gasteiger partial charge on any atom is -0.297 e. The van der Waals surface area contributed by atoms with E-state index in [0.717, 1.165) is 18.7 Å². The second-order valence-electron chi connectivity index (χ2n) is 5.96. The molecular formula is C16H21Cl2NO. The lowest BCUT2D eigenvalue weighted by Crippen LogP contribution is -2.52. The fraction of sp³-hybridized carbons (Fsp3) is 0.562. The number of carbonyl (C=O) groups is 1. The Morgan fingerprint density at radius 2 is 1.80 bits per heavy atom. The van der Waals surface area contributed by atoms with Gasteiger partial charge in [0.2, 0.25) is 0 Å². The van der Waals surface area contributed by atoms with Gasteiger partial charge in [-0.3, -0.25) is 9.69 Å². The molecule has 0 aliphatic carbocycles. The highest BCUT2D eigenvalue weighted by Crippen LogP contribution is 2.26. The van der Waals surface area contributed by atoms with Crippen molar-refractivity contribution in [1.29, 1.82) is 0 Å². The molecule has 0 saturated carbocycles. The summed E-state index contributed by atoms with van der Waals surface area (Å²) in [6.45, 7) is 6.08. The van der Waals surface area contributed by atoms with Crippen LogP contribution in [0.4, 0.5) is 0 Å². The molecule has 0 unspecified atom stereocenters. The summed E-state index contributed by atoms with van der Waals surface area (Å²) in [5.74, 6) is 0.234. The van der Waals surface area contributed by atoms with Crippen LogP contribution < -0.4 is 0 Å². The van der Waals surface area contributed by atoms with Gasteiger partial charge in [0.25, 0.3) is 0 Å². The van der Waals surface area contributed by atoms with Crippen molar-refractivity contribution in [3.8, 4) is 0 Å². The highest BCUT2D eigenvalue weighted by atomic mass is 35.5. The number of Topliss-reactive ketones (excluding diaryl/α,β-unsaturated/α-hetero) is 1. The molecule has 1 aliphatic heterocycles. The zero-order valence-corrected chi connectivity index (χ0v) is 13.6. The highest BCUT2D eigenvalue weighted by molar-refractivity contribution is 6.42. The third-order valence-electron chi connectivity index (χ3n) is 4.18. The van der Waals surface area contributed by atoms with Crippen LogP contribution in [0.25, 0.3) is 0 Å². The average molecular weight is 314 g/mol. The van der Waals surface area contributed by atoms with Gasteiger partial charge in [0, 0.05) is 6.42 Å². The Labute approximate surface area is 131 Å². The molecule has 0 aromatic heterocycles. The molecule has 2 rings (SSSR count). The van der Waals surface area contributed by atoms with E-state index in [2.05, 4.69) is 4.90 Å². The Balaban J connectivity index is 2.07. The lowest BCUT2D eigenvalue weighted by Gasteiger charge is -2.39. The largest absolute Gasteiger partial charge is 0.297 e. The normalized spacial score (nSPS) is 17.2. The van der Waals surface area contributed by atoms with Crippen molar-refractivity contribution in [3.05, 3.63) is 33.8 Å². The maximum absolute atomic E-state index is 12.6. The minimum atomic E-state index is -0.410. The first kappa shape index (κ1) is 15.8. The first-order chi connectivity index (χ1) is 9.41. The Bertz CT molecular complexity index is 493. The minimum absolute atomic E-state index is 0.234. The number of ketones is 1. The summed E-state index contributed by atoms with van der Waals surface area (Å²) in [6.07, 6.45) is 4.04. The topological polar surface area (TPSA) is 20.3 Å². The Morgan fingerprint density at radius 3 is 2.40 bits per heavy atom. The molecule has 1 aromatic carbocycles. The zero-order chi connectivity index (χ0) is 14.8. The van der Waals surface area contributed by atoms with E-state index in [4.69, 9.17) is 23.2 Å². The molecule has 1 aliphatic rings. The van der Waals surface area contributed by atoms with Gasteiger partial charge in [-0.2, -0.15) is 0 Å². The average Bonchev–Trinajstić information content (AvgIpc) is 2.44. The van der Waals surface area contributed by atoms with Crippen molar-refractivity contribution >= 4 is 29.0 Å². The number of piperidine rings is 1. The monoisotopic (exact) mass is 313 g/mol. The number of rotatable bonds is 4. The molecule has 0 atom stereocenters. The van der Waals surface area contributed by atoms with E-state index >= 15 is 0 Å². The molecule has 110 valence electrons. The van der Waals surface area contributed by atoms with Crippen LogP contribution in [0.3, 0.4) is 0 Å². The van der Waals surface area contributed by atoms with E-state index in [1.165, 1.54) is 19.3 Å². The van der Waals surface area contributed by atoms with Crippen molar-refractivity contribution in [2.24, 2.45) is 0 Å². The van der Waals surface area contributed by atoms with Crippen LogP contribution in [0, 0.1) is 0 Å². The predicted octanol–water partition coefficient (Wildman–Crippen LogP) is 4.37. The van der Waals surface area contributed by atoms with Gasteiger partial charge >= 0.3 is 0 Å². The third kappa shape index (κ3) is 3.55. The van der Waals surface area contributed by atoms with Crippen LogP contribution in [0.2, 0.25) is 10.0 Å². The molecule has 1 heterocycles. The van der Waals surface area contributed by atoms with Crippen molar-refractivity contribution in [3.63, 3.8) is 0 Å². The SMILES string of the molecule is CC(C)(C(=O)Cc1ccc(Cl)c(Cl)c1)N1CCCCC1. The maximum atomic E-state index is 12.6. The highest BCUT2D eigenvalue weighted by Gasteiger charge is 2.34. The summed E-state index contributed by atoms with van der Waals surface area (Å²) in [5, 5.41) is 1.03. The number of halogens is 2. The molecule has 1 fully saturated rings. The van der Waals surface area contributed by atoms with E-state index in [1.807, 2.05) is 19.9 Å². The summed E-state index contributed by atoms with van der Waals surface area (Å²) in [4.78, 5) is 14.9. The van der Waals surface area contributed by atoms with Gasteiger partial charge in [-0.05, 0) is 57.5 Å². The van der Waals surface area contributed by atoms with Gasteiger partial charge in [0.1, 0.15) is 0 Å². The van der Waals surface area contributed by atoms with Gasteiger partial charge in [-0.1, -0.05) is 35.7 Å². The van der Waals surface area contributed by atoms with Gasteiger partial charge < -0.3 is 0 Å². The summed E-state index contributed by atoms with van der Waals surface area (Å²) >= 11 is 11.9. The first-order valence-electron chi connectivity index (χ1n) is 7.13. The Hall–Kier alpha value is -0.570. The molecule has 0 N–H and O–H groups in total. The van der Waals surface area contributed by atoms with Crippen LogP contribution in [-0.2, 0) is 11.2 Å². The molecule has 2 nitrogen and oxygen atoms in total. The first-order valence-corrected chi connectivity index (χ1v) is 7.89. The number of likely N-dealkylation sites (tertiary alicyclic amines) is 1. The van der Waals surface area contributed by atoms with Crippen LogP contribution in [0.1, 0.15) is 38.7 Å². The van der Waals surface area contributed by atoms with Crippen LogP contribution >= 0.6 is 23.2 Å². The van der Waals surface area contributed by atoms with Crippen molar-refractivity contribution < 1.29 is 4.79 Å². The van der Waals surface area contributed by atoms with Crippen molar-refractivity contribution in [2.45, 2.75) is 45.1 Å². The Kier molecular flexibility index (Phi) is 5.11. The molecule has 1 aromatic rings. The van der Waals surface area contributed by atoms with Crippen molar-refractivity contribution in [1.82, 2.24) is 4.90 Å². The molecule has 4 heteroatoms. The van der Waals surface area contributed by atoms with E-state index in [9.17, 15) is 4.79 Å². The molecule has 0 amide bonds. The molecule has 0 radical (unpaired) electrons. The second-order valence-corrected chi connectivity index (χ2v) is 6.77. The van der Waals surface area contributed by atoms with Gasteiger partial charge in [0.15, 0.2) is 5.78 Å².